The van der Waals surface area contributed by atoms with Gasteiger partial charge in [-0.25, -0.2) is 0 Å². The Morgan fingerprint density at radius 1 is 0.839 bits per heavy atom. The second-order valence-electron chi connectivity index (χ2n) is 12.3. The zero-order valence-electron chi connectivity index (χ0n) is 21.0. The maximum Gasteiger partial charge on any atom is 0.208 e. The van der Waals surface area contributed by atoms with Gasteiger partial charge in [-0.2, -0.15) is 0 Å². The molecule has 1 saturated heterocycles. The molecule has 2 rings (SSSR count). The quantitative estimate of drug-likeness (QED) is 0.582. The fraction of sp³-hybridized carbons (Fsp3) is 0.760. The molecule has 0 saturated carbocycles. The summed E-state index contributed by atoms with van der Waals surface area (Å²) in [5.41, 5.74) is 1.11. The molecular weight excluding hydrogens is 406 g/mol. The van der Waals surface area contributed by atoms with Crippen LogP contribution < -0.4 is 0 Å². The Hall–Kier alpha value is -0.763. The van der Waals surface area contributed by atoms with Crippen LogP contribution in [0.25, 0.3) is 0 Å². The summed E-state index contributed by atoms with van der Waals surface area (Å²) >= 11 is 0. The molecule has 1 heterocycles. The lowest BCUT2D eigenvalue weighted by molar-refractivity contribution is -0.146. The molecule has 0 radical (unpaired) electrons. The first-order valence-corrected chi connectivity index (χ1v) is 13.4. The predicted molar refractivity (Wildman–Crippen MR) is 130 cm³/mol. The molecule has 5 nitrogen and oxygen atoms in total. The van der Waals surface area contributed by atoms with Crippen LogP contribution in [0.4, 0.5) is 0 Å². The molecule has 4 atom stereocenters. The summed E-state index contributed by atoms with van der Waals surface area (Å²) in [7, 11) is -2.46. The SMILES string of the molecule is CC(C)(C)[Si](OC[C@@H]1[C@@H](O)[C@H](O)[C@@H](O)CN1Cc1ccccc1)(C(C)(C)C)C(C)(C)C. The topological polar surface area (TPSA) is 73.2 Å². The molecule has 3 N–H and O–H groups in total. The zero-order chi connectivity index (χ0) is 23.8. The number of hydrogen-bond acceptors (Lipinski definition) is 5. The van der Waals surface area contributed by atoms with Crippen molar-refractivity contribution < 1.29 is 19.7 Å². The van der Waals surface area contributed by atoms with Crippen molar-refractivity contribution in [3.05, 3.63) is 35.9 Å². The second kappa shape index (κ2) is 9.24. The van der Waals surface area contributed by atoms with Gasteiger partial charge in [-0.15, -0.1) is 0 Å². The standard InChI is InChI=1S/C25H45NO4Si/c1-23(2,3)31(24(4,5)6,25(7,8)9)30-17-19-21(28)22(29)20(27)16-26(19)15-18-13-11-10-12-14-18/h10-14,19-22,27-29H,15-17H2,1-9H3/t19-,20+,21-,22-/m1/s1. The van der Waals surface area contributed by atoms with E-state index in [1.54, 1.807) is 0 Å². The van der Waals surface area contributed by atoms with Crippen molar-refractivity contribution in [2.75, 3.05) is 13.2 Å². The van der Waals surface area contributed by atoms with Crippen LogP contribution in [0.3, 0.4) is 0 Å². The smallest absolute Gasteiger partial charge is 0.208 e. The molecule has 0 aliphatic carbocycles. The summed E-state index contributed by atoms with van der Waals surface area (Å²) in [4.78, 5) is 2.06. The molecule has 0 spiro atoms. The molecule has 6 heteroatoms. The summed E-state index contributed by atoms with van der Waals surface area (Å²) < 4.78 is 7.03. The van der Waals surface area contributed by atoms with Gasteiger partial charge in [0.1, 0.15) is 12.2 Å². The van der Waals surface area contributed by atoms with E-state index in [0.717, 1.165) is 5.56 Å². The minimum absolute atomic E-state index is 0.0362. The molecule has 0 bridgehead atoms. The first-order chi connectivity index (χ1) is 14.0. The number of β-amino-alcohol motifs (C(OH)–C–C–N with tert-alkyl or cyclic N) is 1. The Labute approximate surface area is 190 Å². The van der Waals surface area contributed by atoms with Crippen molar-refractivity contribution in [1.29, 1.82) is 0 Å². The molecule has 0 unspecified atom stereocenters. The highest BCUT2D eigenvalue weighted by atomic mass is 28.4. The van der Waals surface area contributed by atoms with Crippen LogP contribution in [0.15, 0.2) is 30.3 Å². The van der Waals surface area contributed by atoms with Crippen molar-refractivity contribution in [2.45, 2.75) is 108 Å². The lowest BCUT2D eigenvalue weighted by atomic mass is 9.94. The summed E-state index contributed by atoms with van der Waals surface area (Å²) in [6.07, 6.45) is -3.22. The Balaban J connectivity index is 2.40. The molecule has 1 aromatic carbocycles. The number of piperidine rings is 1. The van der Waals surface area contributed by atoms with Crippen LogP contribution in [0.1, 0.15) is 67.9 Å². The van der Waals surface area contributed by atoms with E-state index in [1.165, 1.54) is 0 Å². The van der Waals surface area contributed by atoms with E-state index in [0.29, 0.717) is 19.7 Å². The van der Waals surface area contributed by atoms with Gasteiger partial charge in [-0.3, -0.25) is 4.90 Å². The third-order valence-electron chi connectivity index (χ3n) is 6.90. The van der Waals surface area contributed by atoms with Gasteiger partial charge < -0.3 is 19.7 Å². The predicted octanol–water partition coefficient (Wildman–Crippen LogP) is 4.32. The lowest BCUT2D eigenvalue weighted by Gasteiger charge is -2.58. The van der Waals surface area contributed by atoms with Crippen LogP contribution in [0, 0.1) is 0 Å². The third-order valence-corrected chi connectivity index (χ3v) is 13.8. The third kappa shape index (κ3) is 5.26. The molecule has 31 heavy (non-hydrogen) atoms. The minimum Gasteiger partial charge on any atom is -0.414 e. The van der Waals surface area contributed by atoms with Crippen LogP contribution in [0.5, 0.6) is 0 Å². The second-order valence-corrected chi connectivity index (χ2v) is 18.4. The zero-order valence-corrected chi connectivity index (χ0v) is 22.0. The van der Waals surface area contributed by atoms with Crippen molar-refractivity contribution in [1.82, 2.24) is 4.90 Å². The highest BCUT2D eigenvalue weighted by Crippen LogP contribution is 2.62. The number of nitrogens with zero attached hydrogens (tertiary/aromatic N) is 1. The summed E-state index contributed by atoms with van der Waals surface area (Å²) in [6.45, 7) is 21.7. The molecular formula is C25H45NO4Si. The minimum atomic E-state index is -2.46. The van der Waals surface area contributed by atoms with E-state index in [-0.39, 0.29) is 15.1 Å². The van der Waals surface area contributed by atoms with Crippen LogP contribution in [-0.4, -0.2) is 66.0 Å². The number of aliphatic hydroxyl groups is 3. The van der Waals surface area contributed by atoms with Crippen molar-refractivity contribution in [2.24, 2.45) is 0 Å². The highest BCUT2D eigenvalue weighted by Gasteiger charge is 2.62. The summed E-state index contributed by atoms with van der Waals surface area (Å²) in [6, 6.07) is 9.65. The van der Waals surface area contributed by atoms with Gasteiger partial charge in [-0.05, 0) is 20.7 Å². The first-order valence-electron chi connectivity index (χ1n) is 11.5. The van der Waals surface area contributed by atoms with Crippen molar-refractivity contribution in [3.8, 4) is 0 Å². The van der Waals surface area contributed by atoms with Gasteiger partial charge in [0.05, 0.1) is 18.8 Å². The molecule has 0 amide bonds. The van der Waals surface area contributed by atoms with E-state index in [2.05, 4.69) is 67.2 Å². The van der Waals surface area contributed by atoms with Crippen molar-refractivity contribution in [3.63, 3.8) is 0 Å². The Morgan fingerprint density at radius 2 is 1.32 bits per heavy atom. The van der Waals surface area contributed by atoms with Gasteiger partial charge in [0.25, 0.3) is 0 Å². The molecule has 1 aliphatic heterocycles. The molecule has 1 aromatic rings. The fourth-order valence-corrected chi connectivity index (χ4v) is 15.1. The molecule has 1 fully saturated rings. The van der Waals surface area contributed by atoms with E-state index < -0.39 is 32.7 Å². The van der Waals surface area contributed by atoms with Gasteiger partial charge >= 0.3 is 0 Å². The Morgan fingerprint density at radius 3 is 1.77 bits per heavy atom. The van der Waals surface area contributed by atoms with Crippen LogP contribution in [0.2, 0.25) is 15.1 Å². The maximum absolute atomic E-state index is 10.9. The molecule has 1 aliphatic rings. The van der Waals surface area contributed by atoms with E-state index >= 15 is 0 Å². The largest absolute Gasteiger partial charge is 0.414 e. The van der Waals surface area contributed by atoms with Gasteiger partial charge in [0.15, 0.2) is 0 Å². The summed E-state index contributed by atoms with van der Waals surface area (Å²) in [5, 5.41) is 31.6. The lowest BCUT2D eigenvalue weighted by Crippen LogP contribution is -2.66. The average Bonchev–Trinajstić information content (AvgIpc) is 2.60. The number of aliphatic hydroxyl groups excluding tert-OH is 3. The van der Waals surface area contributed by atoms with Crippen LogP contribution >= 0.6 is 0 Å². The number of hydrogen-bond donors (Lipinski definition) is 3. The van der Waals surface area contributed by atoms with E-state index in [9.17, 15) is 15.3 Å². The average molecular weight is 452 g/mol. The van der Waals surface area contributed by atoms with Crippen LogP contribution in [-0.2, 0) is 11.0 Å². The van der Waals surface area contributed by atoms with Gasteiger partial charge in [-0.1, -0.05) is 92.6 Å². The maximum atomic E-state index is 10.9. The van der Waals surface area contributed by atoms with Crippen molar-refractivity contribution >= 4 is 8.32 Å². The normalized spacial score (nSPS) is 26.8. The fourth-order valence-electron chi connectivity index (χ4n) is 6.59. The number of likely N-dealkylation sites (tertiary alicyclic amines) is 1. The van der Waals surface area contributed by atoms with Gasteiger partial charge in [0.2, 0.25) is 8.32 Å². The number of benzene rings is 1. The Bertz CT molecular complexity index is 669. The van der Waals surface area contributed by atoms with E-state index in [4.69, 9.17) is 4.43 Å². The Kier molecular flexibility index (Phi) is 7.89. The molecule has 178 valence electrons. The molecule has 0 aromatic heterocycles. The van der Waals surface area contributed by atoms with Gasteiger partial charge in [0, 0.05) is 13.1 Å². The number of rotatable bonds is 5. The highest BCUT2D eigenvalue weighted by molar-refractivity contribution is 6.82. The summed E-state index contributed by atoms with van der Waals surface area (Å²) in [5.74, 6) is 0. The monoisotopic (exact) mass is 451 g/mol. The first kappa shape index (κ1) is 26.5. The van der Waals surface area contributed by atoms with E-state index in [1.807, 2.05) is 30.3 Å².